The number of anilines is 2. The van der Waals surface area contributed by atoms with E-state index < -0.39 is 0 Å². The molecule has 5 nitrogen and oxygen atoms in total. The molecule has 0 unspecified atom stereocenters. The van der Waals surface area contributed by atoms with Gasteiger partial charge >= 0.3 is 0 Å². The van der Waals surface area contributed by atoms with Crippen LogP contribution in [-0.2, 0) is 6.54 Å². The maximum Gasteiger partial charge on any atom is 0.256 e. The van der Waals surface area contributed by atoms with E-state index in [0.717, 1.165) is 5.76 Å². The molecule has 0 saturated heterocycles. The van der Waals surface area contributed by atoms with Crippen LogP contribution in [0.3, 0.4) is 0 Å². The van der Waals surface area contributed by atoms with Gasteiger partial charge in [0.05, 0.1) is 18.4 Å². The molecule has 1 amide bonds. The lowest BCUT2D eigenvalue weighted by Crippen LogP contribution is -2.30. The normalized spacial score (nSPS) is 10.4. The average Bonchev–Trinajstić information content (AvgIpc) is 2.88. The van der Waals surface area contributed by atoms with Gasteiger partial charge in [-0.05, 0) is 37.3 Å². The molecule has 100 valence electrons. The first-order valence-electron chi connectivity index (χ1n) is 6.08. The minimum atomic E-state index is -0.128. The van der Waals surface area contributed by atoms with Crippen molar-refractivity contribution in [2.75, 3.05) is 18.0 Å². The largest absolute Gasteiger partial charge is 0.467 e. The molecule has 4 N–H and O–H groups in total. The van der Waals surface area contributed by atoms with Crippen LogP contribution >= 0.6 is 0 Å². The Kier molecular flexibility index (Phi) is 3.75. The minimum absolute atomic E-state index is 0.128. The zero-order valence-electron chi connectivity index (χ0n) is 10.8. The number of nitrogen functional groups attached to an aromatic ring is 2. The Labute approximate surface area is 111 Å². The summed E-state index contributed by atoms with van der Waals surface area (Å²) in [5, 5.41) is 0. The number of nitrogens with zero attached hydrogens (tertiary/aromatic N) is 1. The number of hydrogen-bond acceptors (Lipinski definition) is 4. The summed E-state index contributed by atoms with van der Waals surface area (Å²) in [4.78, 5) is 14.1. The predicted octanol–water partition coefficient (Wildman–Crippen LogP) is 2.11. The highest BCUT2D eigenvalue weighted by Gasteiger charge is 2.17. The first kappa shape index (κ1) is 13.0. The van der Waals surface area contributed by atoms with E-state index in [-0.39, 0.29) is 5.91 Å². The van der Waals surface area contributed by atoms with Crippen molar-refractivity contribution in [2.45, 2.75) is 13.5 Å². The molecule has 0 aliphatic heterocycles. The van der Waals surface area contributed by atoms with Crippen molar-refractivity contribution < 1.29 is 9.21 Å². The molecule has 1 aromatic heterocycles. The third-order valence-electron chi connectivity index (χ3n) is 2.90. The first-order chi connectivity index (χ1) is 9.11. The van der Waals surface area contributed by atoms with Gasteiger partial charge in [-0.25, -0.2) is 0 Å². The van der Waals surface area contributed by atoms with Crippen molar-refractivity contribution in [3.63, 3.8) is 0 Å². The predicted molar refractivity (Wildman–Crippen MR) is 74.4 cm³/mol. The van der Waals surface area contributed by atoms with E-state index in [1.54, 1.807) is 35.4 Å². The third-order valence-corrected chi connectivity index (χ3v) is 2.90. The summed E-state index contributed by atoms with van der Waals surface area (Å²) in [7, 11) is 0. The van der Waals surface area contributed by atoms with Crippen LogP contribution < -0.4 is 11.5 Å². The van der Waals surface area contributed by atoms with E-state index in [1.165, 1.54) is 0 Å². The summed E-state index contributed by atoms with van der Waals surface area (Å²) in [5.41, 5.74) is 12.9. The zero-order valence-corrected chi connectivity index (χ0v) is 10.8. The molecule has 0 aliphatic rings. The maximum atomic E-state index is 12.4. The lowest BCUT2D eigenvalue weighted by Gasteiger charge is -2.20. The van der Waals surface area contributed by atoms with Crippen molar-refractivity contribution in [1.29, 1.82) is 0 Å². The standard InChI is InChI=1S/C14H17N3O2/c1-2-17(9-11-4-3-7-19-11)14(18)12-6-5-10(15)8-13(12)16/h3-8H,2,9,15-16H2,1H3. The Morgan fingerprint density at radius 2 is 2.11 bits per heavy atom. The smallest absolute Gasteiger partial charge is 0.256 e. The zero-order chi connectivity index (χ0) is 13.8. The molecule has 0 fully saturated rings. The Hall–Kier alpha value is -2.43. The molecular formula is C14H17N3O2. The van der Waals surface area contributed by atoms with Gasteiger partial charge in [-0.3, -0.25) is 4.79 Å². The van der Waals surface area contributed by atoms with Crippen LogP contribution in [0.2, 0.25) is 0 Å². The summed E-state index contributed by atoms with van der Waals surface area (Å²) >= 11 is 0. The fourth-order valence-corrected chi connectivity index (χ4v) is 1.86. The summed E-state index contributed by atoms with van der Waals surface area (Å²) in [6.07, 6.45) is 1.59. The van der Waals surface area contributed by atoms with Gasteiger partial charge in [0.1, 0.15) is 5.76 Å². The monoisotopic (exact) mass is 259 g/mol. The number of carbonyl (C=O) groups excluding carboxylic acids is 1. The van der Waals surface area contributed by atoms with Crippen LogP contribution in [0.4, 0.5) is 11.4 Å². The van der Waals surface area contributed by atoms with Gasteiger partial charge < -0.3 is 20.8 Å². The van der Waals surface area contributed by atoms with Gasteiger partial charge in [0.2, 0.25) is 0 Å². The van der Waals surface area contributed by atoms with Crippen LogP contribution in [-0.4, -0.2) is 17.4 Å². The highest BCUT2D eigenvalue weighted by molar-refractivity contribution is 5.99. The third kappa shape index (κ3) is 2.88. The molecule has 1 heterocycles. The molecule has 2 rings (SSSR count). The molecule has 0 spiro atoms. The highest BCUT2D eigenvalue weighted by atomic mass is 16.3. The second-order valence-corrected chi connectivity index (χ2v) is 4.25. The van der Waals surface area contributed by atoms with Gasteiger partial charge in [0.25, 0.3) is 5.91 Å². The lowest BCUT2D eigenvalue weighted by molar-refractivity contribution is 0.0742. The van der Waals surface area contributed by atoms with Crippen LogP contribution in [0.15, 0.2) is 41.0 Å². The SMILES string of the molecule is CCN(Cc1ccco1)C(=O)c1ccc(N)cc1N. The summed E-state index contributed by atoms with van der Waals surface area (Å²) < 4.78 is 5.26. The van der Waals surface area contributed by atoms with E-state index in [1.807, 2.05) is 13.0 Å². The quantitative estimate of drug-likeness (QED) is 0.823. The molecule has 0 saturated carbocycles. The topological polar surface area (TPSA) is 85.5 Å². The van der Waals surface area contributed by atoms with Crippen molar-refractivity contribution in [3.8, 4) is 0 Å². The van der Waals surface area contributed by atoms with E-state index in [2.05, 4.69) is 0 Å². The van der Waals surface area contributed by atoms with Gasteiger partial charge in [-0.15, -0.1) is 0 Å². The molecule has 0 bridgehead atoms. The Morgan fingerprint density at radius 1 is 1.32 bits per heavy atom. The Morgan fingerprint density at radius 3 is 2.68 bits per heavy atom. The highest BCUT2D eigenvalue weighted by Crippen LogP contribution is 2.19. The molecule has 0 aliphatic carbocycles. The molecule has 2 aromatic rings. The molecule has 0 atom stereocenters. The molecular weight excluding hydrogens is 242 g/mol. The number of carbonyl (C=O) groups is 1. The lowest BCUT2D eigenvalue weighted by atomic mass is 10.1. The Balaban J connectivity index is 2.20. The molecule has 19 heavy (non-hydrogen) atoms. The number of benzene rings is 1. The second kappa shape index (κ2) is 5.48. The van der Waals surface area contributed by atoms with Gasteiger partial charge in [-0.1, -0.05) is 0 Å². The van der Waals surface area contributed by atoms with Crippen molar-refractivity contribution in [1.82, 2.24) is 4.90 Å². The summed E-state index contributed by atoms with van der Waals surface area (Å²) in [5.74, 6) is 0.612. The van der Waals surface area contributed by atoms with E-state index in [4.69, 9.17) is 15.9 Å². The number of nitrogens with two attached hydrogens (primary N) is 2. The average molecular weight is 259 g/mol. The summed E-state index contributed by atoms with van der Waals surface area (Å²) in [6, 6.07) is 8.55. The van der Waals surface area contributed by atoms with Crippen molar-refractivity contribution >= 4 is 17.3 Å². The number of rotatable bonds is 4. The summed E-state index contributed by atoms with van der Waals surface area (Å²) in [6.45, 7) is 2.91. The number of amides is 1. The van der Waals surface area contributed by atoms with Gasteiger partial charge in [0, 0.05) is 17.9 Å². The van der Waals surface area contributed by atoms with E-state index >= 15 is 0 Å². The first-order valence-corrected chi connectivity index (χ1v) is 6.08. The molecule has 1 aromatic carbocycles. The van der Waals surface area contributed by atoms with Gasteiger partial charge in [-0.2, -0.15) is 0 Å². The van der Waals surface area contributed by atoms with Crippen LogP contribution in [0.5, 0.6) is 0 Å². The molecule has 5 heteroatoms. The van der Waals surface area contributed by atoms with Crippen LogP contribution in [0.25, 0.3) is 0 Å². The Bertz CT molecular complexity index is 564. The second-order valence-electron chi connectivity index (χ2n) is 4.25. The number of hydrogen-bond donors (Lipinski definition) is 2. The fraction of sp³-hybridized carbons (Fsp3) is 0.214. The van der Waals surface area contributed by atoms with Crippen LogP contribution in [0.1, 0.15) is 23.0 Å². The minimum Gasteiger partial charge on any atom is -0.467 e. The van der Waals surface area contributed by atoms with Gasteiger partial charge in [0.15, 0.2) is 0 Å². The van der Waals surface area contributed by atoms with E-state index in [0.29, 0.717) is 30.0 Å². The maximum absolute atomic E-state index is 12.4. The van der Waals surface area contributed by atoms with Crippen molar-refractivity contribution in [3.05, 3.63) is 47.9 Å². The van der Waals surface area contributed by atoms with Crippen molar-refractivity contribution in [2.24, 2.45) is 0 Å². The van der Waals surface area contributed by atoms with Crippen LogP contribution in [0, 0.1) is 0 Å². The number of furan rings is 1. The fourth-order valence-electron chi connectivity index (χ4n) is 1.86. The molecule has 0 radical (unpaired) electrons. The van der Waals surface area contributed by atoms with E-state index in [9.17, 15) is 4.79 Å².